The van der Waals surface area contributed by atoms with E-state index in [1.807, 2.05) is 13.0 Å². The Morgan fingerprint density at radius 3 is 2.83 bits per heavy atom. The van der Waals surface area contributed by atoms with Crippen LogP contribution in [0, 0.1) is 0 Å². The van der Waals surface area contributed by atoms with Crippen molar-refractivity contribution >= 4 is 21.8 Å². The van der Waals surface area contributed by atoms with Crippen LogP contribution in [0.4, 0.5) is 0 Å². The molecule has 3 N–H and O–H groups in total. The minimum absolute atomic E-state index is 0.00644. The Bertz CT molecular complexity index is 410. The average Bonchev–Trinajstić information content (AvgIpc) is 2.38. The highest BCUT2D eigenvalue weighted by Crippen LogP contribution is 2.26. The van der Waals surface area contributed by atoms with Crippen LogP contribution in [-0.2, 0) is 4.74 Å². The lowest BCUT2D eigenvalue weighted by atomic mass is 10.2. The van der Waals surface area contributed by atoms with Crippen LogP contribution in [0.15, 0.2) is 27.8 Å². The van der Waals surface area contributed by atoms with Gasteiger partial charge in [-0.1, -0.05) is 18.1 Å². The standard InChI is InChI=1S/C12H17BrN2O3/c1-2-6-17-7-8-18-10-5-3-4-9(13)11(10)12(14)15-16/h3-5,16H,2,6-8H2,1H3,(H2,14,15). The zero-order valence-electron chi connectivity index (χ0n) is 10.2. The Labute approximate surface area is 115 Å². The van der Waals surface area contributed by atoms with Crippen molar-refractivity contribution < 1.29 is 14.7 Å². The topological polar surface area (TPSA) is 77.1 Å². The van der Waals surface area contributed by atoms with E-state index in [2.05, 4.69) is 21.1 Å². The van der Waals surface area contributed by atoms with Gasteiger partial charge in [-0.05, 0) is 34.5 Å². The van der Waals surface area contributed by atoms with E-state index in [9.17, 15) is 0 Å². The van der Waals surface area contributed by atoms with Gasteiger partial charge in [0.25, 0.3) is 0 Å². The number of benzene rings is 1. The fraction of sp³-hybridized carbons (Fsp3) is 0.417. The molecule has 1 rings (SSSR count). The fourth-order valence-electron chi connectivity index (χ4n) is 1.38. The molecule has 0 spiro atoms. The van der Waals surface area contributed by atoms with Gasteiger partial charge in [-0.3, -0.25) is 0 Å². The molecule has 18 heavy (non-hydrogen) atoms. The van der Waals surface area contributed by atoms with Crippen LogP contribution in [0.2, 0.25) is 0 Å². The zero-order chi connectivity index (χ0) is 13.4. The van der Waals surface area contributed by atoms with Crippen molar-refractivity contribution in [3.05, 3.63) is 28.2 Å². The lowest BCUT2D eigenvalue weighted by Gasteiger charge is -2.12. The molecule has 5 nitrogen and oxygen atoms in total. The Hall–Kier alpha value is -1.27. The highest BCUT2D eigenvalue weighted by atomic mass is 79.9. The Morgan fingerprint density at radius 2 is 2.17 bits per heavy atom. The maximum absolute atomic E-state index is 8.74. The smallest absolute Gasteiger partial charge is 0.174 e. The van der Waals surface area contributed by atoms with Gasteiger partial charge in [-0.2, -0.15) is 0 Å². The fourth-order valence-corrected chi connectivity index (χ4v) is 1.93. The second-order valence-electron chi connectivity index (χ2n) is 3.56. The summed E-state index contributed by atoms with van der Waals surface area (Å²) < 4.78 is 11.6. The van der Waals surface area contributed by atoms with E-state index in [-0.39, 0.29) is 5.84 Å². The lowest BCUT2D eigenvalue weighted by molar-refractivity contribution is 0.100. The first-order chi connectivity index (χ1) is 8.70. The van der Waals surface area contributed by atoms with Crippen LogP contribution in [0.25, 0.3) is 0 Å². The molecule has 6 heteroatoms. The van der Waals surface area contributed by atoms with Crippen LogP contribution in [-0.4, -0.2) is 30.9 Å². The number of rotatable bonds is 7. The number of ether oxygens (including phenoxy) is 2. The number of hydrogen-bond acceptors (Lipinski definition) is 4. The van der Waals surface area contributed by atoms with Crippen LogP contribution in [0.3, 0.4) is 0 Å². The molecule has 0 aromatic heterocycles. The second-order valence-corrected chi connectivity index (χ2v) is 4.41. The van der Waals surface area contributed by atoms with Gasteiger partial charge in [-0.25, -0.2) is 0 Å². The number of oxime groups is 1. The third kappa shape index (κ3) is 4.19. The Kier molecular flexibility index (Phi) is 6.53. The molecule has 0 aliphatic heterocycles. The Morgan fingerprint density at radius 1 is 1.39 bits per heavy atom. The molecule has 0 saturated carbocycles. The maximum Gasteiger partial charge on any atom is 0.174 e. The quantitative estimate of drug-likeness (QED) is 0.266. The van der Waals surface area contributed by atoms with Gasteiger partial charge in [-0.15, -0.1) is 0 Å². The molecule has 0 atom stereocenters. The van der Waals surface area contributed by atoms with Crippen molar-refractivity contribution in [3.63, 3.8) is 0 Å². The molecule has 1 aromatic rings. The molecule has 0 unspecified atom stereocenters. The van der Waals surface area contributed by atoms with Crippen LogP contribution in [0.1, 0.15) is 18.9 Å². The van der Waals surface area contributed by atoms with E-state index >= 15 is 0 Å². The van der Waals surface area contributed by atoms with Crippen molar-refractivity contribution in [2.24, 2.45) is 10.9 Å². The molecule has 1 aromatic carbocycles. The first kappa shape index (κ1) is 14.8. The summed E-state index contributed by atoms with van der Waals surface area (Å²) in [7, 11) is 0. The maximum atomic E-state index is 8.74. The summed E-state index contributed by atoms with van der Waals surface area (Å²) in [6.45, 7) is 3.69. The van der Waals surface area contributed by atoms with Gasteiger partial charge in [0.1, 0.15) is 12.4 Å². The predicted octanol–water partition coefficient (Wildman–Crippen LogP) is 2.35. The predicted molar refractivity (Wildman–Crippen MR) is 73.3 cm³/mol. The third-order valence-corrected chi connectivity index (χ3v) is 2.83. The number of amidine groups is 1. The highest BCUT2D eigenvalue weighted by Gasteiger charge is 2.12. The van der Waals surface area contributed by atoms with Crippen LogP contribution >= 0.6 is 15.9 Å². The van der Waals surface area contributed by atoms with Crippen molar-refractivity contribution in [1.29, 1.82) is 0 Å². The van der Waals surface area contributed by atoms with Crippen LogP contribution < -0.4 is 10.5 Å². The summed E-state index contributed by atoms with van der Waals surface area (Å²) in [5.74, 6) is 0.562. The van der Waals surface area contributed by atoms with Gasteiger partial charge in [0.15, 0.2) is 5.84 Å². The number of nitrogens with zero attached hydrogens (tertiary/aromatic N) is 1. The van der Waals surface area contributed by atoms with Gasteiger partial charge in [0.05, 0.1) is 12.2 Å². The largest absolute Gasteiger partial charge is 0.490 e. The normalized spacial score (nSPS) is 11.6. The van der Waals surface area contributed by atoms with E-state index in [4.69, 9.17) is 20.4 Å². The van der Waals surface area contributed by atoms with Crippen molar-refractivity contribution in [2.45, 2.75) is 13.3 Å². The van der Waals surface area contributed by atoms with E-state index in [0.717, 1.165) is 13.0 Å². The van der Waals surface area contributed by atoms with Gasteiger partial charge >= 0.3 is 0 Å². The minimum atomic E-state index is 0.00644. The van der Waals surface area contributed by atoms with Crippen molar-refractivity contribution in [3.8, 4) is 5.75 Å². The summed E-state index contributed by atoms with van der Waals surface area (Å²) >= 11 is 3.34. The lowest BCUT2D eigenvalue weighted by Crippen LogP contribution is -2.17. The molecule has 100 valence electrons. The number of halogens is 1. The van der Waals surface area contributed by atoms with E-state index in [1.54, 1.807) is 12.1 Å². The van der Waals surface area contributed by atoms with E-state index < -0.39 is 0 Å². The summed E-state index contributed by atoms with van der Waals surface area (Å²) in [6.07, 6.45) is 0.978. The molecular formula is C12H17BrN2O3. The minimum Gasteiger partial charge on any atom is -0.490 e. The molecule has 0 saturated heterocycles. The first-order valence-corrected chi connectivity index (χ1v) is 6.47. The number of nitrogens with two attached hydrogens (primary N) is 1. The molecule has 0 bridgehead atoms. The van der Waals surface area contributed by atoms with E-state index in [1.165, 1.54) is 0 Å². The monoisotopic (exact) mass is 316 g/mol. The van der Waals surface area contributed by atoms with Gasteiger partial charge in [0.2, 0.25) is 0 Å². The molecule has 0 fully saturated rings. The Balaban J connectivity index is 2.67. The van der Waals surface area contributed by atoms with Gasteiger partial charge < -0.3 is 20.4 Å². The molecule has 0 radical (unpaired) electrons. The highest BCUT2D eigenvalue weighted by molar-refractivity contribution is 9.10. The summed E-state index contributed by atoms with van der Waals surface area (Å²) in [5.41, 5.74) is 6.14. The second kappa shape index (κ2) is 7.94. The SMILES string of the molecule is CCCOCCOc1cccc(Br)c1/C(N)=N/O. The van der Waals surface area contributed by atoms with Crippen LogP contribution in [0.5, 0.6) is 5.75 Å². The first-order valence-electron chi connectivity index (χ1n) is 5.67. The third-order valence-electron chi connectivity index (χ3n) is 2.17. The summed E-state index contributed by atoms with van der Waals surface area (Å²) in [5, 5.41) is 11.7. The zero-order valence-corrected chi connectivity index (χ0v) is 11.8. The molecule has 0 aliphatic carbocycles. The molecule has 0 aliphatic rings. The number of hydrogen-bond donors (Lipinski definition) is 2. The summed E-state index contributed by atoms with van der Waals surface area (Å²) in [6, 6.07) is 5.38. The van der Waals surface area contributed by atoms with Crippen molar-refractivity contribution in [2.75, 3.05) is 19.8 Å². The summed E-state index contributed by atoms with van der Waals surface area (Å²) in [4.78, 5) is 0. The molecular weight excluding hydrogens is 300 g/mol. The van der Waals surface area contributed by atoms with Crippen molar-refractivity contribution in [1.82, 2.24) is 0 Å². The average molecular weight is 317 g/mol. The van der Waals surface area contributed by atoms with Gasteiger partial charge in [0, 0.05) is 11.1 Å². The van der Waals surface area contributed by atoms with E-state index in [0.29, 0.717) is 29.0 Å². The molecule has 0 amide bonds. The molecule has 0 heterocycles.